The molecule has 0 bridgehead atoms. The predicted octanol–water partition coefficient (Wildman–Crippen LogP) is 4.40. The van der Waals surface area contributed by atoms with Crippen molar-refractivity contribution in [1.82, 2.24) is 5.43 Å². The number of rotatable bonds is 7. The maximum absolute atomic E-state index is 12.5. The number of aromatic hydroxyl groups is 1. The molecular formula is C22H19ClN2O4. The van der Waals surface area contributed by atoms with Gasteiger partial charge in [0.2, 0.25) is 0 Å². The third-order valence-corrected chi connectivity index (χ3v) is 4.27. The van der Waals surface area contributed by atoms with Gasteiger partial charge in [-0.15, -0.1) is 0 Å². The first-order chi connectivity index (χ1) is 14.1. The van der Waals surface area contributed by atoms with Crippen molar-refractivity contribution in [3.8, 4) is 17.2 Å². The molecule has 0 fully saturated rings. The number of nitrogens with zero attached hydrogens (tertiary/aromatic N) is 1. The Kier molecular flexibility index (Phi) is 6.71. The van der Waals surface area contributed by atoms with Gasteiger partial charge >= 0.3 is 0 Å². The molecule has 3 rings (SSSR count). The van der Waals surface area contributed by atoms with Gasteiger partial charge in [-0.25, -0.2) is 5.43 Å². The number of methoxy groups -OCH3 is 1. The van der Waals surface area contributed by atoms with E-state index in [4.69, 9.17) is 21.1 Å². The number of ether oxygens (including phenoxy) is 2. The monoisotopic (exact) mass is 410 g/mol. The zero-order valence-electron chi connectivity index (χ0n) is 15.6. The van der Waals surface area contributed by atoms with Crippen molar-refractivity contribution < 1.29 is 19.4 Å². The van der Waals surface area contributed by atoms with Crippen LogP contribution in [0.25, 0.3) is 0 Å². The molecule has 3 aromatic carbocycles. The Hall–Kier alpha value is -3.51. The van der Waals surface area contributed by atoms with Crippen LogP contribution in [0.4, 0.5) is 0 Å². The third-order valence-electron chi connectivity index (χ3n) is 4.02. The number of hydrogen-bond acceptors (Lipinski definition) is 5. The number of hydrazone groups is 1. The van der Waals surface area contributed by atoms with E-state index in [0.717, 1.165) is 5.56 Å². The van der Waals surface area contributed by atoms with E-state index in [1.807, 2.05) is 12.1 Å². The van der Waals surface area contributed by atoms with E-state index in [0.29, 0.717) is 34.3 Å². The Morgan fingerprint density at radius 1 is 1.10 bits per heavy atom. The van der Waals surface area contributed by atoms with Crippen LogP contribution in [0.2, 0.25) is 5.02 Å². The first-order valence-corrected chi connectivity index (χ1v) is 9.11. The van der Waals surface area contributed by atoms with Gasteiger partial charge in [0.1, 0.15) is 12.4 Å². The van der Waals surface area contributed by atoms with Crippen molar-refractivity contribution in [3.63, 3.8) is 0 Å². The van der Waals surface area contributed by atoms with Gasteiger partial charge in [-0.1, -0.05) is 35.9 Å². The van der Waals surface area contributed by atoms with E-state index in [9.17, 15) is 9.90 Å². The zero-order valence-corrected chi connectivity index (χ0v) is 16.4. The standard InChI is InChI=1S/C22H19ClN2O4/c1-28-21-12-16(8-11-19(21)26)13-24-25-22(27)18-4-2-3-5-20(18)29-14-15-6-9-17(23)10-7-15/h2-13,26H,14H2,1H3,(H,25,27). The van der Waals surface area contributed by atoms with Gasteiger partial charge < -0.3 is 14.6 Å². The number of benzene rings is 3. The van der Waals surface area contributed by atoms with Crippen LogP contribution < -0.4 is 14.9 Å². The smallest absolute Gasteiger partial charge is 0.275 e. The van der Waals surface area contributed by atoms with Gasteiger partial charge in [0.25, 0.3) is 5.91 Å². The molecule has 0 heterocycles. The molecule has 0 aromatic heterocycles. The lowest BCUT2D eigenvalue weighted by Gasteiger charge is -2.10. The number of phenols is 1. The van der Waals surface area contributed by atoms with Crippen molar-refractivity contribution >= 4 is 23.7 Å². The van der Waals surface area contributed by atoms with Gasteiger partial charge in [-0.2, -0.15) is 5.10 Å². The first-order valence-electron chi connectivity index (χ1n) is 8.73. The minimum absolute atomic E-state index is 0.0282. The number of amides is 1. The van der Waals surface area contributed by atoms with Crippen molar-refractivity contribution in [2.75, 3.05) is 7.11 Å². The summed E-state index contributed by atoms with van der Waals surface area (Å²) in [5, 5.41) is 14.2. The second-order valence-corrected chi connectivity index (χ2v) is 6.48. The average molecular weight is 411 g/mol. The number of nitrogens with one attached hydrogen (secondary N) is 1. The summed E-state index contributed by atoms with van der Waals surface area (Å²) >= 11 is 5.89. The van der Waals surface area contributed by atoms with E-state index >= 15 is 0 Å². The molecule has 0 aliphatic rings. The molecule has 2 N–H and O–H groups in total. The summed E-state index contributed by atoms with van der Waals surface area (Å²) in [6, 6.07) is 19.0. The Balaban J connectivity index is 1.65. The van der Waals surface area contributed by atoms with E-state index in [1.54, 1.807) is 48.5 Å². The molecule has 0 aliphatic heterocycles. The molecule has 7 heteroatoms. The predicted molar refractivity (Wildman–Crippen MR) is 112 cm³/mol. The summed E-state index contributed by atoms with van der Waals surface area (Å²) in [6.07, 6.45) is 1.46. The van der Waals surface area contributed by atoms with Crippen molar-refractivity contribution in [2.24, 2.45) is 5.10 Å². The first kappa shape index (κ1) is 20.2. The van der Waals surface area contributed by atoms with Crippen molar-refractivity contribution in [2.45, 2.75) is 6.61 Å². The highest BCUT2D eigenvalue weighted by Gasteiger charge is 2.11. The van der Waals surface area contributed by atoms with Gasteiger partial charge in [-0.3, -0.25) is 4.79 Å². The summed E-state index contributed by atoms with van der Waals surface area (Å²) in [7, 11) is 1.46. The van der Waals surface area contributed by atoms with Crippen LogP contribution >= 0.6 is 11.6 Å². The van der Waals surface area contributed by atoms with Crippen molar-refractivity contribution in [1.29, 1.82) is 0 Å². The molecule has 0 aliphatic carbocycles. The molecular weight excluding hydrogens is 392 g/mol. The van der Waals surface area contributed by atoms with Crippen LogP contribution in [-0.4, -0.2) is 24.3 Å². The maximum atomic E-state index is 12.5. The molecule has 29 heavy (non-hydrogen) atoms. The number of halogens is 1. The van der Waals surface area contributed by atoms with Crippen LogP contribution in [-0.2, 0) is 6.61 Å². The van der Waals surface area contributed by atoms with Gasteiger partial charge in [0, 0.05) is 5.02 Å². The SMILES string of the molecule is COc1cc(C=NNC(=O)c2ccccc2OCc2ccc(Cl)cc2)ccc1O. The molecule has 0 saturated heterocycles. The summed E-state index contributed by atoms with van der Waals surface area (Å²) in [5.74, 6) is 0.391. The van der Waals surface area contributed by atoms with Crippen LogP contribution in [0, 0.1) is 0 Å². The number of para-hydroxylation sites is 1. The molecule has 148 valence electrons. The van der Waals surface area contributed by atoms with Crippen LogP contribution in [0.5, 0.6) is 17.2 Å². The molecule has 1 amide bonds. The Bertz CT molecular complexity index is 1020. The summed E-state index contributed by atoms with van der Waals surface area (Å²) in [5.41, 5.74) is 4.43. The van der Waals surface area contributed by atoms with Gasteiger partial charge in [-0.05, 0) is 53.6 Å². The maximum Gasteiger partial charge on any atom is 0.275 e. The number of carbonyl (C=O) groups excluding carboxylic acids is 1. The summed E-state index contributed by atoms with van der Waals surface area (Å²) < 4.78 is 10.8. The van der Waals surface area contributed by atoms with E-state index in [2.05, 4.69) is 10.5 Å². The number of hydrogen-bond donors (Lipinski definition) is 2. The topological polar surface area (TPSA) is 80.2 Å². The summed E-state index contributed by atoms with van der Waals surface area (Å²) in [6.45, 7) is 0.304. The third kappa shape index (κ3) is 5.49. The van der Waals surface area contributed by atoms with Crippen molar-refractivity contribution in [3.05, 3.63) is 88.4 Å². The quantitative estimate of drug-likeness (QED) is 0.447. The van der Waals surface area contributed by atoms with Gasteiger partial charge in [0.15, 0.2) is 11.5 Å². The van der Waals surface area contributed by atoms with Crippen LogP contribution in [0.3, 0.4) is 0 Å². The van der Waals surface area contributed by atoms with Crippen LogP contribution in [0.15, 0.2) is 71.8 Å². The van der Waals surface area contributed by atoms with E-state index in [-0.39, 0.29) is 5.75 Å². The normalized spacial score (nSPS) is 10.7. The molecule has 3 aromatic rings. The molecule has 0 radical (unpaired) electrons. The largest absolute Gasteiger partial charge is 0.504 e. The zero-order chi connectivity index (χ0) is 20.6. The number of phenolic OH excluding ortho intramolecular Hbond substituents is 1. The molecule has 0 saturated carbocycles. The minimum atomic E-state index is -0.404. The molecule has 0 spiro atoms. The fraction of sp³-hybridized carbons (Fsp3) is 0.0909. The highest BCUT2D eigenvalue weighted by atomic mass is 35.5. The van der Waals surface area contributed by atoms with E-state index in [1.165, 1.54) is 19.4 Å². The van der Waals surface area contributed by atoms with E-state index < -0.39 is 5.91 Å². The minimum Gasteiger partial charge on any atom is -0.504 e. The second-order valence-electron chi connectivity index (χ2n) is 6.04. The average Bonchev–Trinajstić information content (AvgIpc) is 2.74. The highest BCUT2D eigenvalue weighted by molar-refractivity contribution is 6.30. The summed E-state index contributed by atoms with van der Waals surface area (Å²) in [4.78, 5) is 12.5. The highest BCUT2D eigenvalue weighted by Crippen LogP contribution is 2.25. The number of carbonyl (C=O) groups is 1. The lowest BCUT2D eigenvalue weighted by molar-refractivity contribution is 0.0950. The lowest BCUT2D eigenvalue weighted by atomic mass is 10.2. The van der Waals surface area contributed by atoms with Gasteiger partial charge in [0.05, 0.1) is 18.9 Å². The second kappa shape index (κ2) is 9.61. The molecule has 6 nitrogen and oxygen atoms in total. The fourth-order valence-corrected chi connectivity index (χ4v) is 2.65. The lowest BCUT2D eigenvalue weighted by Crippen LogP contribution is -2.18. The Morgan fingerprint density at radius 3 is 2.62 bits per heavy atom. The molecule has 0 atom stereocenters. The molecule has 0 unspecified atom stereocenters. The Labute approximate surface area is 173 Å². The fourth-order valence-electron chi connectivity index (χ4n) is 2.52. The van der Waals surface area contributed by atoms with Crippen LogP contribution in [0.1, 0.15) is 21.5 Å². The Morgan fingerprint density at radius 2 is 1.86 bits per heavy atom.